The van der Waals surface area contributed by atoms with E-state index in [-0.39, 0.29) is 23.4 Å². The van der Waals surface area contributed by atoms with Gasteiger partial charge in [-0.15, -0.1) is 0 Å². The number of hydrogen-bond donors (Lipinski definition) is 2. The van der Waals surface area contributed by atoms with Crippen molar-refractivity contribution in [3.05, 3.63) is 52.3 Å². The van der Waals surface area contributed by atoms with Gasteiger partial charge in [-0.3, -0.25) is 10.1 Å². The molecule has 2 aromatic rings. The van der Waals surface area contributed by atoms with Crippen molar-refractivity contribution in [2.24, 2.45) is 0 Å². The number of rotatable bonds is 5. The van der Waals surface area contributed by atoms with Crippen LogP contribution in [0, 0.1) is 10.1 Å². The molecule has 2 unspecified atom stereocenters. The van der Waals surface area contributed by atoms with Gasteiger partial charge in [0.05, 0.1) is 4.92 Å². The molecule has 0 radical (unpaired) electrons. The minimum atomic E-state index is -0.464. The molecule has 0 amide bonds. The van der Waals surface area contributed by atoms with Crippen LogP contribution in [-0.2, 0) is 0 Å². The van der Waals surface area contributed by atoms with Gasteiger partial charge in [0.25, 0.3) is 0 Å². The molecule has 0 bridgehead atoms. The number of nitrogens with zero attached hydrogens (tertiary/aromatic N) is 3. The standard InChI is InChI=1S/C14H15N5O2/c1-15-13-12(19(20)21)14(17-8-16-13)18-11-7-10(11)9-5-3-2-4-6-9/h2-6,8,10-11H,7H2,1H3,(H2,15,16,17,18). The molecular weight excluding hydrogens is 270 g/mol. The highest BCUT2D eigenvalue weighted by atomic mass is 16.6. The zero-order valence-electron chi connectivity index (χ0n) is 11.5. The van der Waals surface area contributed by atoms with Crippen LogP contribution in [0.2, 0.25) is 0 Å². The molecule has 1 heterocycles. The molecule has 0 saturated heterocycles. The predicted octanol–water partition coefficient (Wildman–Crippen LogP) is 2.39. The van der Waals surface area contributed by atoms with Crippen LogP contribution in [-0.4, -0.2) is 28.0 Å². The summed E-state index contributed by atoms with van der Waals surface area (Å²) < 4.78 is 0. The van der Waals surface area contributed by atoms with E-state index in [4.69, 9.17) is 0 Å². The summed E-state index contributed by atoms with van der Waals surface area (Å²) in [7, 11) is 1.60. The lowest BCUT2D eigenvalue weighted by Crippen LogP contribution is -2.10. The predicted molar refractivity (Wildman–Crippen MR) is 79.4 cm³/mol. The van der Waals surface area contributed by atoms with E-state index in [1.54, 1.807) is 7.05 Å². The highest BCUT2D eigenvalue weighted by Crippen LogP contribution is 2.44. The van der Waals surface area contributed by atoms with Crippen molar-refractivity contribution in [3.63, 3.8) is 0 Å². The van der Waals surface area contributed by atoms with Crippen LogP contribution in [0.3, 0.4) is 0 Å². The molecule has 1 aliphatic rings. The van der Waals surface area contributed by atoms with Crippen LogP contribution >= 0.6 is 0 Å². The second-order valence-electron chi connectivity index (χ2n) is 4.93. The molecule has 7 heteroatoms. The summed E-state index contributed by atoms with van der Waals surface area (Å²) in [6.07, 6.45) is 2.27. The first kappa shape index (κ1) is 13.3. The molecule has 0 spiro atoms. The van der Waals surface area contributed by atoms with Crippen LogP contribution in [0.25, 0.3) is 0 Å². The maximum absolute atomic E-state index is 11.2. The molecule has 2 N–H and O–H groups in total. The number of benzene rings is 1. The Kier molecular flexibility index (Phi) is 3.39. The molecule has 0 aliphatic heterocycles. The number of aromatic nitrogens is 2. The highest BCUT2D eigenvalue weighted by Gasteiger charge is 2.40. The molecule has 21 heavy (non-hydrogen) atoms. The summed E-state index contributed by atoms with van der Waals surface area (Å²) in [5, 5.41) is 17.1. The molecule has 1 fully saturated rings. The van der Waals surface area contributed by atoms with Gasteiger partial charge in [-0.25, -0.2) is 9.97 Å². The zero-order chi connectivity index (χ0) is 14.8. The minimum Gasteiger partial charge on any atom is -0.367 e. The largest absolute Gasteiger partial charge is 0.367 e. The van der Waals surface area contributed by atoms with Gasteiger partial charge < -0.3 is 10.6 Å². The van der Waals surface area contributed by atoms with Gasteiger partial charge in [-0.1, -0.05) is 30.3 Å². The van der Waals surface area contributed by atoms with E-state index >= 15 is 0 Å². The van der Waals surface area contributed by atoms with Gasteiger partial charge in [0, 0.05) is 19.0 Å². The van der Waals surface area contributed by atoms with Crippen LogP contribution < -0.4 is 10.6 Å². The normalized spacial score (nSPS) is 19.9. The van der Waals surface area contributed by atoms with E-state index < -0.39 is 4.92 Å². The Bertz CT molecular complexity index is 662. The maximum atomic E-state index is 11.2. The monoisotopic (exact) mass is 285 g/mol. The smallest absolute Gasteiger partial charge is 0.353 e. The van der Waals surface area contributed by atoms with Gasteiger partial charge in [0.2, 0.25) is 11.6 Å². The van der Waals surface area contributed by atoms with Crippen LogP contribution in [0.4, 0.5) is 17.3 Å². The molecule has 1 saturated carbocycles. The molecular formula is C14H15N5O2. The summed E-state index contributed by atoms with van der Waals surface area (Å²) in [6.45, 7) is 0. The first-order valence-corrected chi connectivity index (χ1v) is 6.69. The Hall–Kier alpha value is -2.70. The number of nitro groups is 1. The molecule has 1 aliphatic carbocycles. The average Bonchev–Trinajstić information content (AvgIpc) is 3.26. The molecule has 3 rings (SSSR count). The van der Waals surface area contributed by atoms with Gasteiger partial charge in [0.1, 0.15) is 6.33 Å². The van der Waals surface area contributed by atoms with Crippen molar-refractivity contribution < 1.29 is 4.92 Å². The minimum absolute atomic E-state index is 0.112. The van der Waals surface area contributed by atoms with Crippen molar-refractivity contribution >= 4 is 17.3 Å². The second-order valence-corrected chi connectivity index (χ2v) is 4.93. The van der Waals surface area contributed by atoms with Crippen molar-refractivity contribution in [2.45, 2.75) is 18.4 Å². The van der Waals surface area contributed by atoms with Crippen molar-refractivity contribution in [2.75, 3.05) is 17.7 Å². The number of hydrogen-bond acceptors (Lipinski definition) is 6. The zero-order valence-corrected chi connectivity index (χ0v) is 11.5. The van der Waals surface area contributed by atoms with Crippen LogP contribution in [0.15, 0.2) is 36.7 Å². The Labute approximate surface area is 121 Å². The highest BCUT2D eigenvalue weighted by molar-refractivity contribution is 5.69. The lowest BCUT2D eigenvalue weighted by Gasteiger charge is -2.08. The number of anilines is 2. The van der Waals surface area contributed by atoms with Crippen molar-refractivity contribution in [1.29, 1.82) is 0 Å². The number of nitrogens with one attached hydrogen (secondary N) is 2. The van der Waals surface area contributed by atoms with E-state index in [0.717, 1.165) is 6.42 Å². The third-order valence-electron chi connectivity index (χ3n) is 3.58. The summed E-state index contributed by atoms with van der Waals surface area (Å²) in [5.74, 6) is 0.857. The molecule has 7 nitrogen and oxygen atoms in total. The van der Waals surface area contributed by atoms with E-state index in [0.29, 0.717) is 5.92 Å². The maximum Gasteiger partial charge on any atom is 0.353 e. The van der Waals surface area contributed by atoms with Crippen molar-refractivity contribution in [3.8, 4) is 0 Å². The summed E-state index contributed by atoms with van der Waals surface area (Å²) in [6, 6.07) is 10.3. The topological polar surface area (TPSA) is 93.0 Å². The van der Waals surface area contributed by atoms with Gasteiger partial charge in [-0.2, -0.15) is 0 Å². The fourth-order valence-corrected chi connectivity index (χ4v) is 2.44. The summed E-state index contributed by atoms with van der Waals surface area (Å²) in [5.41, 5.74) is 1.12. The SMILES string of the molecule is CNc1ncnc(NC2CC2c2ccccc2)c1[N+](=O)[O-]. The van der Waals surface area contributed by atoms with Crippen molar-refractivity contribution in [1.82, 2.24) is 9.97 Å². The summed E-state index contributed by atoms with van der Waals surface area (Å²) in [4.78, 5) is 18.6. The van der Waals surface area contributed by atoms with Crippen LogP contribution in [0.5, 0.6) is 0 Å². The Balaban J connectivity index is 1.79. The molecule has 1 aromatic heterocycles. The second kappa shape index (κ2) is 5.35. The van der Waals surface area contributed by atoms with Gasteiger partial charge >= 0.3 is 5.69 Å². The Morgan fingerprint density at radius 1 is 1.24 bits per heavy atom. The van der Waals surface area contributed by atoms with E-state index in [2.05, 4.69) is 32.7 Å². The first-order chi connectivity index (χ1) is 10.2. The van der Waals surface area contributed by atoms with Gasteiger partial charge in [-0.05, 0) is 12.0 Å². The van der Waals surface area contributed by atoms with Gasteiger partial charge in [0.15, 0.2) is 0 Å². The summed E-state index contributed by atoms with van der Waals surface area (Å²) >= 11 is 0. The van der Waals surface area contributed by atoms with E-state index in [9.17, 15) is 10.1 Å². The lowest BCUT2D eigenvalue weighted by atomic mass is 10.1. The lowest BCUT2D eigenvalue weighted by molar-refractivity contribution is -0.383. The molecule has 1 aromatic carbocycles. The quantitative estimate of drug-likeness (QED) is 0.647. The molecule has 2 atom stereocenters. The fraction of sp³-hybridized carbons (Fsp3) is 0.286. The third kappa shape index (κ3) is 2.62. The van der Waals surface area contributed by atoms with E-state index in [1.165, 1.54) is 11.9 Å². The van der Waals surface area contributed by atoms with E-state index in [1.807, 2.05) is 18.2 Å². The Morgan fingerprint density at radius 2 is 1.95 bits per heavy atom. The Morgan fingerprint density at radius 3 is 2.62 bits per heavy atom. The molecule has 108 valence electrons. The average molecular weight is 285 g/mol. The fourth-order valence-electron chi connectivity index (χ4n) is 2.44. The first-order valence-electron chi connectivity index (χ1n) is 6.69. The van der Waals surface area contributed by atoms with Crippen LogP contribution in [0.1, 0.15) is 17.9 Å². The third-order valence-corrected chi connectivity index (χ3v) is 3.58.